The van der Waals surface area contributed by atoms with Crippen LogP contribution in [0.4, 0.5) is 4.39 Å². The van der Waals surface area contributed by atoms with Crippen LogP contribution in [0.3, 0.4) is 0 Å². The summed E-state index contributed by atoms with van der Waals surface area (Å²) in [7, 11) is 0. The number of halogens is 1. The molecule has 0 spiro atoms. The number of carbonyl (C=O) groups is 1. The van der Waals surface area contributed by atoms with Gasteiger partial charge in [0.25, 0.3) is 0 Å². The number of aryl methyl sites for hydroxylation is 2. The van der Waals surface area contributed by atoms with Gasteiger partial charge in [0.15, 0.2) is 5.84 Å². The molecule has 1 aromatic rings. The molecular formula is C15H20FN3O2. The zero-order valence-electron chi connectivity index (χ0n) is 12.2. The third-order valence-corrected chi connectivity index (χ3v) is 4.19. The van der Waals surface area contributed by atoms with Gasteiger partial charge in [0.2, 0.25) is 5.91 Å². The second kappa shape index (κ2) is 5.71. The Hall–Kier alpha value is -2.11. The maximum absolute atomic E-state index is 13.6. The van der Waals surface area contributed by atoms with Crippen molar-refractivity contribution in [3.05, 3.63) is 34.6 Å². The Morgan fingerprint density at radius 1 is 1.43 bits per heavy atom. The molecule has 6 heteroatoms. The normalized spacial score (nSPS) is 17.2. The molecule has 0 unspecified atom stereocenters. The molecule has 21 heavy (non-hydrogen) atoms. The van der Waals surface area contributed by atoms with Gasteiger partial charge in [-0.25, -0.2) is 4.39 Å². The molecule has 4 N–H and O–H groups in total. The van der Waals surface area contributed by atoms with Crippen LogP contribution in [-0.2, 0) is 11.3 Å². The molecule has 5 nitrogen and oxygen atoms in total. The van der Waals surface area contributed by atoms with E-state index >= 15 is 0 Å². The number of nitrogens with two attached hydrogens (primary N) is 1. The average Bonchev–Trinajstić information content (AvgIpc) is 2.40. The number of benzene rings is 1. The predicted octanol–water partition coefficient (Wildman–Crippen LogP) is 1.98. The minimum absolute atomic E-state index is 0.0438. The van der Waals surface area contributed by atoms with Gasteiger partial charge in [0.05, 0.1) is 0 Å². The third kappa shape index (κ3) is 2.70. The number of nitrogens with zero attached hydrogens (tertiary/aromatic N) is 1. The Morgan fingerprint density at radius 2 is 2.00 bits per heavy atom. The molecule has 0 heterocycles. The molecule has 1 amide bonds. The van der Waals surface area contributed by atoms with E-state index in [1.165, 1.54) is 0 Å². The molecule has 0 aromatic heterocycles. The molecule has 2 rings (SSSR count). The lowest BCUT2D eigenvalue weighted by Crippen LogP contribution is -2.53. The summed E-state index contributed by atoms with van der Waals surface area (Å²) in [5, 5.41) is 14.6. The first-order valence-corrected chi connectivity index (χ1v) is 6.92. The van der Waals surface area contributed by atoms with Crippen molar-refractivity contribution in [3.63, 3.8) is 0 Å². The molecule has 0 aliphatic heterocycles. The van der Waals surface area contributed by atoms with Gasteiger partial charge in [-0.2, -0.15) is 0 Å². The summed E-state index contributed by atoms with van der Waals surface area (Å²) in [5.41, 5.74) is 6.68. The van der Waals surface area contributed by atoms with Crippen LogP contribution in [0.25, 0.3) is 0 Å². The van der Waals surface area contributed by atoms with E-state index in [2.05, 4.69) is 10.5 Å². The van der Waals surface area contributed by atoms with Crippen LogP contribution in [0.5, 0.6) is 0 Å². The molecule has 1 aliphatic carbocycles. The van der Waals surface area contributed by atoms with E-state index < -0.39 is 5.41 Å². The maximum atomic E-state index is 13.6. The first kappa shape index (κ1) is 15.3. The van der Waals surface area contributed by atoms with Crippen LogP contribution >= 0.6 is 0 Å². The lowest BCUT2D eigenvalue weighted by molar-refractivity contribution is -0.131. The fourth-order valence-electron chi connectivity index (χ4n) is 2.71. The van der Waals surface area contributed by atoms with Gasteiger partial charge in [0, 0.05) is 6.54 Å². The van der Waals surface area contributed by atoms with Gasteiger partial charge < -0.3 is 16.3 Å². The Bertz CT molecular complexity index is 572. The minimum Gasteiger partial charge on any atom is -0.409 e. The summed E-state index contributed by atoms with van der Waals surface area (Å²) in [6.45, 7) is 3.68. The van der Waals surface area contributed by atoms with E-state index in [0.29, 0.717) is 30.5 Å². The van der Waals surface area contributed by atoms with E-state index in [0.717, 1.165) is 12.0 Å². The van der Waals surface area contributed by atoms with Gasteiger partial charge in [-0.1, -0.05) is 23.7 Å². The Kier molecular flexibility index (Phi) is 4.16. The molecule has 0 saturated heterocycles. The highest BCUT2D eigenvalue weighted by Crippen LogP contribution is 2.41. The fourth-order valence-corrected chi connectivity index (χ4v) is 2.71. The summed E-state index contributed by atoms with van der Waals surface area (Å²) in [6, 6.07) is 3.42. The number of rotatable bonds is 4. The van der Waals surface area contributed by atoms with Crippen molar-refractivity contribution in [1.29, 1.82) is 0 Å². The third-order valence-electron chi connectivity index (χ3n) is 4.19. The highest BCUT2D eigenvalue weighted by atomic mass is 19.1. The first-order chi connectivity index (χ1) is 9.90. The monoisotopic (exact) mass is 293 g/mol. The molecule has 0 atom stereocenters. The molecule has 0 bridgehead atoms. The van der Waals surface area contributed by atoms with Crippen molar-refractivity contribution in [1.82, 2.24) is 5.32 Å². The zero-order chi connectivity index (χ0) is 15.6. The highest BCUT2D eigenvalue weighted by molar-refractivity contribution is 6.07. The summed E-state index contributed by atoms with van der Waals surface area (Å²) in [6.07, 6.45) is 2.03. The smallest absolute Gasteiger partial charge is 0.234 e. The van der Waals surface area contributed by atoms with Gasteiger partial charge in [-0.3, -0.25) is 4.79 Å². The van der Waals surface area contributed by atoms with Gasteiger partial charge in [-0.05, 0) is 43.4 Å². The number of nitrogens with one attached hydrogen (secondary N) is 1. The number of hydrogen-bond donors (Lipinski definition) is 3. The fraction of sp³-hybridized carbons (Fsp3) is 0.467. The molecule has 114 valence electrons. The second-order valence-corrected chi connectivity index (χ2v) is 5.65. The Morgan fingerprint density at radius 3 is 2.43 bits per heavy atom. The van der Waals surface area contributed by atoms with Crippen LogP contribution in [0, 0.1) is 25.1 Å². The Labute approximate surface area is 123 Å². The second-order valence-electron chi connectivity index (χ2n) is 5.65. The van der Waals surface area contributed by atoms with Crippen molar-refractivity contribution < 1.29 is 14.4 Å². The van der Waals surface area contributed by atoms with E-state index in [4.69, 9.17) is 10.9 Å². The zero-order valence-corrected chi connectivity index (χ0v) is 12.2. The van der Waals surface area contributed by atoms with E-state index in [1.54, 1.807) is 26.0 Å². The molecule has 1 aliphatic rings. The maximum Gasteiger partial charge on any atom is 0.234 e. The lowest BCUT2D eigenvalue weighted by atomic mass is 9.67. The topological polar surface area (TPSA) is 87.7 Å². The number of hydrogen-bond acceptors (Lipinski definition) is 3. The predicted molar refractivity (Wildman–Crippen MR) is 77.4 cm³/mol. The van der Waals surface area contributed by atoms with Crippen LogP contribution < -0.4 is 11.1 Å². The van der Waals surface area contributed by atoms with Crippen LogP contribution in [0.1, 0.15) is 36.0 Å². The van der Waals surface area contributed by atoms with Crippen molar-refractivity contribution >= 4 is 11.7 Å². The minimum atomic E-state index is -0.890. The van der Waals surface area contributed by atoms with Crippen molar-refractivity contribution in [2.45, 2.75) is 39.7 Å². The molecule has 1 aromatic carbocycles. The quantitative estimate of drug-likeness (QED) is 0.343. The van der Waals surface area contributed by atoms with Crippen molar-refractivity contribution in [2.75, 3.05) is 0 Å². The number of oxime groups is 1. The van der Waals surface area contributed by atoms with E-state index in [1.807, 2.05) is 0 Å². The Balaban J connectivity index is 2.08. The standard InChI is InChI=1S/C15H20FN3O2/c1-9-6-11(7-10(2)12(9)16)8-18-14(20)15(4-3-5-15)13(17)19-21/h6-7,21H,3-5,8H2,1-2H3,(H2,17,19)(H,18,20). The van der Waals surface area contributed by atoms with Crippen molar-refractivity contribution in [3.8, 4) is 0 Å². The average molecular weight is 293 g/mol. The lowest BCUT2D eigenvalue weighted by Gasteiger charge is -2.38. The molecule has 1 fully saturated rings. The molecule has 1 saturated carbocycles. The summed E-state index contributed by atoms with van der Waals surface area (Å²) >= 11 is 0. The summed E-state index contributed by atoms with van der Waals surface area (Å²) in [4.78, 5) is 12.3. The largest absolute Gasteiger partial charge is 0.409 e. The molecule has 0 radical (unpaired) electrons. The van der Waals surface area contributed by atoms with Crippen LogP contribution in [0.15, 0.2) is 17.3 Å². The summed E-state index contributed by atoms with van der Waals surface area (Å²) in [5.74, 6) is -0.515. The van der Waals surface area contributed by atoms with Crippen LogP contribution in [-0.4, -0.2) is 17.0 Å². The van der Waals surface area contributed by atoms with Gasteiger partial charge >= 0.3 is 0 Å². The number of amidine groups is 1. The SMILES string of the molecule is Cc1cc(CNC(=O)C2(/C(N)=N/O)CCC2)cc(C)c1F. The highest BCUT2D eigenvalue weighted by Gasteiger charge is 2.48. The molecular weight excluding hydrogens is 273 g/mol. The number of amides is 1. The number of carbonyl (C=O) groups excluding carboxylic acids is 1. The van der Waals surface area contributed by atoms with E-state index in [9.17, 15) is 9.18 Å². The van der Waals surface area contributed by atoms with E-state index in [-0.39, 0.29) is 17.6 Å². The first-order valence-electron chi connectivity index (χ1n) is 6.92. The van der Waals surface area contributed by atoms with Crippen molar-refractivity contribution in [2.24, 2.45) is 16.3 Å². The van der Waals surface area contributed by atoms with Gasteiger partial charge in [-0.15, -0.1) is 0 Å². The summed E-state index contributed by atoms with van der Waals surface area (Å²) < 4.78 is 13.6. The van der Waals surface area contributed by atoms with Gasteiger partial charge in [0.1, 0.15) is 11.2 Å². The van der Waals surface area contributed by atoms with Crippen LogP contribution in [0.2, 0.25) is 0 Å².